The van der Waals surface area contributed by atoms with Gasteiger partial charge in [0.2, 0.25) is 0 Å². The Bertz CT molecular complexity index is 169. The van der Waals surface area contributed by atoms with Crippen molar-refractivity contribution in [1.82, 2.24) is 4.90 Å². The fourth-order valence-electron chi connectivity index (χ4n) is 0.523. The van der Waals surface area contributed by atoms with Crippen LogP contribution in [0.4, 0.5) is 13.2 Å². The summed E-state index contributed by atoms with van der Waals surface area (Å²) in [6.07, 6.45) is -4.86. The van der Waals surface area contributed by atoms with E-state index in [1.54, 1.807) is 0 Å². The van der Waals surface area contributed by atoms with Crippen LogP contribution in [0, 0.1) is 0 Å². The quantitative estimate of drug-likeness (QED) is 0.676. The third-order valence-electron chi connectivity index (χ3n) is 1.49. The van der Waals surface area contributed by atoms with Crippen molar-refractivity contribution in [2.45, 2.75) is 19.1 Å². The smallest absolute Gasteiger partial charge is 0.394 e. The van der Waals surface area contributed by atoms with Crippen LogP contribution in [0.25, 0.3) is 0 Å². The van der Waals surface area contributed by atoms with Crippen molar-refractivity contribution >= 4 is 5.91 Å². The van der Waals surface area contributed by atoms with Gasteiger partial charge in [0.05, 0.1) is 12.6 Å². The molecule has 0 unspecified atom stereocenters. The lowest BCUT2D eigenvalue weighted by Gasteiger charge is -2.23. The van der Waals surface area contributed by atoms with Gasteiger partial charge in [-0.1, -0.05) is 0 Å². The molecule has 0 saturated heterocycles. The number of aliphatic hydroxyl groups is 1. The summed E-state index contributed by atoms with van der Waals surface area (Å²) in [6.45, 7) is 0.835. The molecule has 3 nitrogen and oxygen atoms in total. The molecule has 1 N–H and O–H groups in total. The van der Waals surface area contributed by atoms with Crippen LogP contribution in [0.15, 0.2) is 0 Å². The Morgan fingerprint density at radius 3 is 2.25 bits per heavy atom. The minimum absolute atomic E-state index is 0.458. The fourth-order valence-corrected chi connectivity index (χ4v) is 0.523. The lowest BCUT2D eigenvalue weighted by Crippen LogP contribution is -2.44. The number of amides is 1. The molecule has 1 atom stereocenters. The summed E-state index contributed by atoms with van der Waals surface area (Å²) in [4.78, 5) is 10.9. The maximum atomic E-state index is 11.7. The first-order valence-electron chi connectivity index (χ1n) is 3.25. The number of carbonyl (C=O) groups is 1. The molecule has 0 spiro atoms. The molecule has 0 heterocycles. The molecule has 0 bridgehead atoms. The van der Waals surface area contributed by atoms with Crippen LogP contribution in [0.2, 0.25) is 0 Å². The van der Waals surface area contributed by atoms with Crippen molar-refractivity contribution in [1.29, 1.82) is 0 Å². The molecule has 0 aromatic heterocycles. The zero-order valence-corrected chi connectivity index (χ0v) is 6.72. The topological polar surface area (TPSA) is 40.5 Å². The van der Waals surface area contributed by atoms with Gasteiger partial charge in [0.25, 0.3) is 0 Å². The monoisotopic (exact) mass is 185 g/mol. The largest absolute Gasteiger partial charge is 0.471 e. The van der Waals surface area contributed by atoms with Crippen LogP contribution >= 0.6 is 0 Å². The normalized spacial score (nSPS) is 14.2. The Hall–Kier alpha value is -0.780. The van der Waals surface area contributed by atoms with Crippen LogP contribution in [-0.4, -0.2) is 41.8 Å². The molecule has 0 radical (unpaired) electrons. The lowest BCUT2D eigenvalue weighted by molar-refractivity contribution is -0.186. The van der Waals surface area contributed by atoms with E-state index in [4.69, 9.17) is 5.11 Å². The van der Waals surface area contributed by atoms with Gasteiger partial charge in [-0.25, -0.2) is 0 Å². The van der Waals surface area contributed by atoms with Gasteiger partial charge in [0.15, 0.2) is 0 Å². The summed E-state index contributed by atoms with van der Waals surface area (Å²) in [5.41, 5.74) is 0. The van der Waals surface area contributed by atoms with Crippen molar-refractivity contribution < 1.29 is 23.1 Å². The Labute approximate surface area is 67.8 Å². The number of carbonyl (C=O) groups excluding carboxylic acids is 1. The Balaban J connectivity index is 4.30. The van der Waals surface area contributed by atoms with Gasteiger partial charge in [0.1, 0.15) is 0 Å². The van der Waals surface area contributed by atoms with Gasteiger partial charge in [-0.3, -0.25) is 4.79 Å². The van der Waals surface area contributed by atoms with Gasteiger partial charge in [0, 0.05) is 7.05 Å². The molecule has 12 heavy (non-hydrogen) atoms. The number of rotatable bonds is 2. The number of hydrogen-bond acceptors (Lipinski definition) is 2. The highest BCUT2D eigenvalue weighted by Crippen LogP contribution is 2.18. The molecule has 0 aliphatic heterocycles. The van der Waals surface area contributed by atoms with E-state index in [-0.39, 0.29) is 0 Å². The van der Waals surface area contributed by atoms with Crippen LogP contribution < -0.4 is 0 Å². The lowest BCUT2D eigenvalue weighted by atomic mass is 10.3. The Morgan fingerprint density at radius 1 is 1.58 bits per heavy atom. The highest BCUT2D eigenvalue weighted by atomic mass is 19.4. The molecule has 0 aromatic rings. The average molecular weight is 185 g/mol. The summed E-state index contributed by atoms with van der Waals surface area (Å²) in [6, 6.07) is -0.820. The van der Waals surface area contributed by atoms with E-state index in [0.29, 0.717) is 4.90 Å². The number of aliphatic hydroxyl groups excluding tert-OH is 1. The molecule has 0 fully saturated rings. The van der Waals surface area contributed by atoms with Crippen LogP contribution in [0.3, 0.4) is 0 Å². The molecule has 1 amide bonds. The summed E-state index contributed by atoms with van der Waals surface area (Å²) in [5, 5.41) is 8.46. The first-order valence-corrected chi connectivity index (χ1v) is 3.25. The minimum atomic E-state index is -4.86. The molecule has 72 valence electrons. The number of halogens is 3. The first-order chi connectivity index (χ1) is 5.30. The second-order valence-corrected chi connectivity index (χ2v) is 2.45. The number of likely N-dealkylation sites (N-methyl/N-ethyl adjacent to an activating group) is 1. The highest BCUT2D eigenvalue weighted by molar-refractivity contribution is 5.81. The zero-order chi connectivity index (χ0) is 9.94. The van der Waals surface area contributed by atoms with Gasteiger partial charge in [-0.2, -0.15) is 13.2 Å². The van der Waals surface area contributed by atoms with E-state index >= 15 is 0 Å². The summed E-state index contributed by atoms with van der Waals surface area (Å²) < 4.78 is 35.2. The van der Waals surface area contributed by atoms with Crippen LogP contribution in [-0.2, 0) is 4.79 Å². The molecule has 0 aliphatic rings. The van der Waals surface area contributed by atoms with Crippen molar-refractivity contribution in [2.24, 2.45) is 0 Å². The number of hydrogen-bond donors (Lipinski definition) is 1. The Kier molecular flexibility index (Phi) is 3.51. The maximum absolute atomic E-state index is 11.7. The van der Waals surface area contributed by atoms with Crippen LogP contribution in [0.5, 0.6) is 0 Å². The van der Waals surface area contributed by atoms with Gasteiger partial charge >= 0.3 is 12.1 Å². The average Bonchev–Trinajstić information content (AvgIpc) is 1.98. The third kappa shape index (κ3) is 2.69. The first kappa shape index (κ1) is 11.2. The van der Waals surface area contributed by atoms with E-state index < -0.39 is 24.7 Å². The predicted octanol–water partition coefficient (Wildman–Crippen LogP) is 0.388. The van der Waals surface area contributed by atoms with Gasteiger partial charge in [-0.15, -0.1) is 0 Å². The van der Waals surface area contributed by atoms with Gasteiger partial charge in [-0.05, 0) is 6.92 Å². The Morgan fingerprint density at radius 2 is 2.00 bits per heavy atom. The summed E-state index contributed by atoms with van der Waals surface area (Å²) in [5.74, 6) is -1.94. The molecule has 0 aliphatic carbocycles. The van der Waals surface area contributed by atoms with Crippen molar-refractivity contribution in [3.8, 4) is 0 Å². The number of alkyl halides is 3. The van der Waals surface area contributed by atoms with Crippen LogP contribution in [0.1, 0.15) is 6.92 Å². The molecule has 0 saturated carbocycles. The molecule has 0 rings (SSSR count). The second kappa shape index (κ2) is 3.75. The standard InChI is InChI=1S/C6H10F3NO2/c1-4(3-11)10(2)5(12)6(7,8)9/h4,11H,3H2,1-2H3/t4-/m0/s1. The highest BCUT2D eigenvalue weighted by Gasteiger charge is 2.42. The number of nitrogens with zero attached hydrogens (tertiary/aromatic N) is 1. The third-order valence-corrected chi connectivity index (χ3v) is 1.49. The van der Waals surface area contributed by atoms with E-state index in [2.05, 4.69) is 0 Å². The molecule has 6 heteroatoms. The molecular formula is C6H10F3NO2. The molecule has 0 aromatic carbocycles. The predicted molar refractivity (Wildman–Crippen MR) is 35.4 cm³/mol. The van der Waals surface area contributed by atoms with E-state index in [1.807, 2.05) is 0 Å². The van der Waals surface area contributed by atoms with Crippen molar-refractivity contribution in [3.05, 3.63) is 0 Å². The fraction of sp³-hybridized carbons (Fsp3) is 0.833. The second-order valence-electron chi connectivity index (χ2n) is 2.45. The zero-order valence-electron chi connectivity index (χ0n) is 6.72. The summed E-state index contributed by atoms with van der Waals surface area (Å²) in [7, 11) is 0.997. The van der Waals surface area contributed by atoms with Crippen molar-refractivity contribution in [2.75, 3.05) is 13.7 Å². The summed E-state index contributed by atoms with van der Waals surface area (Å²) >= 11 is 0. The maximum Gasteiger partial charge on any atom is 0.471 e. The minimum Gasteiger partial charge on any atom is -0.394 e. The SMILES string of the molecule is C[C@@H](CO)N(C)C(=O)C(F)(F)F. The van der Waals surface area contributed by atoms with Crippen molar-refractivity contribution in [3.63, 3.8) is 0 Å². The van der Waals surface area contributed by atoms with E-state index in [1.165, 1.54) is 6.92 Å². The molecular weight excluding hydrogens is 175 g/mol. The van der Waals surface area contributed by atoms with E-state index in [9.17, 15) is 18.0 Å². The van der Waals surface area contributed by atoms with E-state index in [0.717, 1.165) is 7.05 Å². The van der Waals surface area contributed by atoms with Gasteiger partial charge < -0.3 is 10.0 Å².